The molecule has 0 aliphatic carbocycles. The van der Waals surface area contributed by atoms with Crippen LogP contribution in [0.25, 0.3) is 5.69 Å². The first-order valence-corrected chi connectivity index (χ1v) is 8.39. The third kappa shape index (κ3) is 3.62. The van der Waals surface area contributed by atoms with E-state index < -0.39 is 5.25 Å². The molecule has 0 amide bonds. The minimum Gasteiger partial charge on any atom is -0.465 e. The van der Waals surface area contributed by atoms with E-state index in [1.165, 1.54) is 11.8 Å². The van der Waals surface area contributed by atoms with Crippen LogP contribution in [-0.2, 0) is 9.53 Å². The highest BCUT2D eigenvalue weighted by Crippen LogP contribution is 2.35. The molecule has 0 aliphatic heterocycles. The molecule has 6 nitrogen and oxygen atoms in total. The highest BCUT2D eigenvalue weighted by atomic mass is 32.2. The van der Waals surface area contributed by atoms with Gasteiger partial charge in [0.15, 0.2) is 0 Å². The molecule has 0 unspecified atom stereocenters. The molecular formula is C17H16N4O2S. The Morgan fingerprint density at radius 3 is 2.46 bits per heavy atom. The molecule has 0 aliphatic rings. The van der Waals surface area contributed by atoms with Gasteiger partial charge in [0.05, 0.1) is 12.3 Å². The standard InChI is InChI=1S/C17H16N4O2S/c1-2-23-16(22)15(13-9-5-3-6-10-13)24-17-18-19-20-21(17)14-11-7-4-8-12-14/h3-12,15H,2H2,1H3/t15-/m1/s1. The van der Waals surface area contributed by atoms with Crippen LogP contribution in [0, 0.1) is 0 Å². The Balaban J connectivity index is 1.92. The second kappa shape index (κ2) is 7.74. The van der Waals surface area contributed by atoms with Crippen LogP contribution in [0.2, 0.25) is 0 Å². The molecule has 0 spiro atoms. The third-order valence-corrected chi connectivity index (χ3v) is 4.43. The molecule has 122 valence electrons. The van der Waals surface area contributed by atoms with Gasteiger partial charge in [-0.2, -0.15) is 4.68 Å². The number of ether oxygens (including phenoxy) is 1. The minimum atomic E-state index is -0.528. The number of esters is 1. The predicted molar refractivity (Wildman–Crippen MR) is 90.8 cm³/mol. The molecule has 0 saturated carbocycles. The van der Waals surface area contributed by atoms with E-state index in [-0.39, 0.29) is 5.97 Å². The number of rotatable bonds is 6. The quantitative estimate of drug-likeness (QED) is 0.507. The highest BCUT2D eigenvalue weighted by molar-refractivity contribution is 8.00. The van der Waals surface area contributed by atoms with E-state index in [2.05, 4.69) is 15.5 Å². The van der Waals surface area contributed by atoms with Gasteiger partial charge < -0.3 is 4.74 Å². The van der Waals surface area contributed by atoms with Crippen LogP contribution < -0.4 is 0 Å². The zero-order valence-electron chi connectivity index (χ0n) is 13.1. The molecule has 3 aromatic rings. The van der Waals surface area contributed by atoms with E-state index in [0.717, 1.165) is 11.3 Å². The van der Waals surface area contributed by atoms with Crippen LogP contribution in [0.5, 0.6) is 0 Å². The molecule has 0 fully saturated rings. The van der Waals surface area contributed by atoms with Gasteiger partial charge in [0.1, 0.15) is 5.25 Å². The maximum atomic E-state index is 12.4. The maximum Gasteiger partial charge on any atom is 0.324 e. The van der Waals surface area contributed by atoms with Crippen LogP contribution >= 0.6 is 11.8 Å². The molecule has 3 rings (SSSR count). The number of hydrogen-bond donors (Lipinski definition) is 0. The van der Waals surface area contributed by atoms with Crippen molar-refractivity contribution >= 4 is 17.7 Å². The average Bonchev–Trinajstić information content (AvgIpc) is 3.09. The van der Waals surface area contributed by atoms with Crippen molar-refractivity contribution in [3.63, 3.8) is 0 Å². The van der Waals surface area contributed by atoms with Crippen molar-refractivity contribution in [1.82, 2.24) is 20.2 Å². The Hall–Kier alpha value is -2.67. The molecule has 0 radical (unpaired) electrons. The normalized spacial score (nSPS) is 11.9. The van der Waals surface area contributed by atoms with E-state index in [1.54, 1.807) is 11.6 Å². The molecule has 1 aromatic heterocycles. The van der Waals surface area contributed by atoms with Gasteiger partial charge in [0, 0.05) is 0 Å². The van der Waals surface area contributed by atoms with E-state index in [4.69, 9.17) is 4.74 Å². The fraction of sp³-hybridized carbons (Fsp3) is 0.176. The lowest BCUT2D eigenvalue weighted by molar-refractivity contribution is -0.142. The van der Waals surface area contributed by atoms with Crippen LogP contribution in [0.3, 0.4) is 0 Å². The molecule has 2 aromatic carbocycles. The van der Waals surface area contributed by atoms with Gasteiger partial charge in [-0.3, -0.25) is 4.79 Å². The first-order chi connectivity index (χ1) is 11.8. The molecule has 0 bridgehead atoms. The fourth-order valence-corrected chi connectivity index (χ4v) is 3.18. The summed E-state index contributed by atoms with van der Waals surface area (Å²) in [6, 6.07) is 19.0. The van der Waals surface area contributed by atoms with Gasteiger partial charge in [-0.25, -0.2) is 0 Å². The first kappa shape index (κ1) is 16.2. The lowest BCUT2D eigenvalue weighted by Crippen LogP contribution is -2.14. The summed E-state index contributed by atoms with van der Waals surface area (Å²) in [7, 11) is 0. The number of tetrazole rings is 1. The number of carbonyl (C=O) groups excluding carboxylic acids is 1. The van der Waals surface area contributed by atoms with E-state index >= 15 is 0 Å². The van der Waals surface area contributed by atoms with Gasteiger partial charge >= 0.3 is 5.97 Å². The van der Waals surface area contributed by atoms with Crippen molar-refractivity contribution in [2.75, 3.05) is 6.61 Å². The SMILES string of the molecule is CCOC(=O)[C@H](Sc1nnnn1-c1ccccc1)c1ccccc1. The fourth-order valence-electron chi connectivity index (χ4n) is 2.19. The molecule has 7 heteroatoms. The van der Waals surface area contributed by atoms with Crippen molar-refractivity contribution in [2.24, 2.45) is 0 Å². The summed E-state index contributed by atoms with van der Waals surface area (Å²) in [6.07, 6.45) is 0. The topological polar surface area (TPSA) is 69.9 Å². The Kier molecular flexibility index (Phi) is 5.22. The van der Waals surface area contributed by atoms with Gasteiger partial charge in [-0.1, -0.05) is 60.3 Å². The molecule has 0 N–H and O–H groups in total. The number of aromatic nitrogens is 4. The number of thioether (sulfide) groups is 1. The average molecular weight is 340 g/mol. The Labute approximate surface area is 143 Å². The summed E-state index contributed by atoms with van der Waals surface area (Å²) < 4.78 is 6.83. The monoisotopic (exact) mass is 340 g/mol. The van der Waals surface area contributed by atoms with E-state index in [1.807, 2.05) is 60.7 Å². The minimum absolute atomic E-state index is 0.309. The van der Waals surface area contributed by atoms with Gasteiger partial charge in [-0.05, 0) is 35.0 Å². The summed E-state index contributed by atoms with van der Waals surface area (Å²) in [5.41, 5.74) is 1.68. The van der Waals surface area contributed by atoms with Crippen LogP contribution in [0.4, 0.5) is 0 Å². The van der Waals surface area contributed by atoms with Gasteiger partial charge in [0.2, 0.25) is 5.16 Å². The Bertz CT molecular complexity index is 793. The van der Waals surface area contributed by atoms with Gasteiger partial charge in [0.25, 0.3) is 0 Å². The van der Waals surface area contributed by atoms with Crippen LogP contribution in [0.15, 0.2) is 65.8 Å². The Morgan fingerprint density at radius 1 is 1.12 bits per heavy atom. The second-order valence-corrected chi connectivity index (χ2v) is 5.94. The molecule has 1 heterocycles. The number of carbonyl (C=O) groups is 1. The van der Waals surface area contributed by atoms with Crippen molar-refractivity contribution in [1.29, 1.82) is 0 Å². The lowest BCUT2D eigenvalue weighted by Gasteiger charge is -2.15. The van der Waals surface area contributed by atoms with E-state index in [0.29, 0.717) is 11.8 Å². The summed E-state index contributed by atoms with van der Waals surface area (Å²) in [4.78, 5) is 12.4. The Morgan fingerprint density at radius 2 is 1.79 bits per heavy atom. The highest BCUT2D eigenvalue weighted by Gasteiger charge is 2.26. The second-order valence-electron chi connectivity index (χ2n) is 4.87. The number of hydrogen-bond acceptors (Lipinski definition) is 6. The van der Waals surface area contributed by atoms with Crippen molar-refractivity contribution in [2.45, 2.75) is 17.3 Å². The molecule has 24 heavy (non-hydrogen) atoms. The van der Waals surface area contributed by atoms with Crippen LogP contribution in [-0.4, -0.2) is 32.8 Å². The van der Waals surface area contributed by atoms with Crippen molar-refractivity contribution in [3.8, 4) is 5.69 Å². The maximum absolute atomic E-state index is 12.4. The zero-order chi connectivity index (χ0) is 16.8. The number of nitrogens with zero attached hydrogens (tertiary/aromatic N) is 4. The van der Waals surface area contributed by atoms with Crippen molar-refractivity contribution in [3.05, 3.63) is 66.2 Å². The van der Waals surface area contributed by atoms with Crippen molar-refractivity contribution < 1.29 is 9.53 Å². The summed E-state index contributed by atoms with van der Waals surface area (Å²) in [6.45, 7) is 2.12. The summed E-state index contributed by atoms with van der Waals surface area (Å²) in [5.74, 6) is -0.309. The summed E-state index contributed by atoms with van der Waals surface area (Å²) in [5, 5.41) is 11.8. The largest absolute Gasteiger partial charge is 0.465 e. The number of benzene rings is 2. The number of para-hydroxylation sites is 1. The molecular weight excluding hydrogens is 324 g/mol. The predicted octanol–water partition coefficient (Wildman–Crippen LogP) is 3.06. The van der Waals surface area contributed by atoms with Crippen LogP contribution in [0.1, 0.15) is 17.7 Å². The smallest absolute Gasteiger partial charge is 0.324 e. The third-order valence-electron chi connectivity index (χ3n) is 3.27. The summed E-state index contributed by atoms with van der Waals surface area (Å²) >= 11 is 1.27. The molecule has 1 atom stereocenters. The first-order valence-electron chi connectivity index (χ1n) is 7.51. The zero-order valence-corrected chi connectivity index (χ0v) is 13.9. The van der Waals surface area contributed by atoms with Gasteiger partial charge in [-0.15, -0.1) is 5.10 Å². The lowest BCUT2D eigenvalue weighted by atomic mass is 10.1. The molecule has 0 saturated heterocycles. The van der Waals surface area contributed by atoms with E-state index in [9.17, 15) is 4.79 Å².